The number of amides is 4. The topological polar surface area (TPSA) is 111 Å². The van der Waals surface area contributed by atoms with E-state index < -0.39 is 5.91 Å². The standard InChI is InChI=1S/C33H58N4O5/c38-31(35-41)24-37(23-27-13-6-2-7-14-27)32(39)25-36(22-10-15-26-11-4-1-5-12-26)33(40)34-28-18-20-30(21-19-28)42-29-16-8-3-9-17-29/h26-30,41H,1-25H2,(H,34,40)(H,35,38). The lowest BCUT2D eigenvalue weighted by Crippen LogP contribution is -2.52. The molecule has 3 N–H and O–H groups in total. The van der Waals surface area contributed by atoms with Crippen LogP contribution in [-0.2, 0) is 14.3 Å². The van der Waals surface area contributed by atoms with Crippen LogP contribution in [0.25, 0.3) is 0 Å². The van der Waals surface area contributed by atoms with Crippen molar-refractivity contribution >= 4 is 17.8 Å². The Morgan fingerprint density at radius 3 is 1.86 bits per heavy atom. The maximum atomic E-state index is 13.6. The van der Waals surface area contributed by atoms with Gasteiger partial charge in [0.05, 0.1) is 12.2 Å². The Bertz CT molecular complexity index is 815. The van der Waals surface area contributed by atoms with Crippen molar-refractivity contribution in [3.63, 3.8) is 0 Å². The van der Waals surface area contributed by atoms with Gasteiger partial charge in [0.1, 0.15) is 13.1 Å². The van der Waals surface area contributed by atoms with Crippen LogP contribution >= 0.6 is 0 Å². The first-order valence-corrected chi connectivity index (χ1v) is 17.4. The third-order valence-electron chi connectivity index (χ3n) is 10.3. The minimum atomic E-state index is -0.598. The molecule has 0 bridgehead atoms. The molecule has 4 aliphatic rings. The molecule has 0 radical (unpaired) electrons. The fourth-order valence-electron chi connectivity index (χ4n) is 7.79. The number of carbonyl (C=O) groups excluding carboxylic acids is 3. The van der Waals surface area contributed by atoms with Crippen molar-refractivity contribution in [3.05, 3.63) is 0 Å². The molecule has 4 rings (SSSR count). The SMILES string of the molecule is O=C(CN(CC1CCCCC1)C(=O)CN(CCCC1CCCCC1)C(=O)NC1CCC(OC2CCCCC2)CC1)NO. The number of rotatable bonds is 13. The molecule has 42 heavy (non-hydrogen) atoms. The number of nitrogens with zero attached hydrogens (tertiary/aromatic N) is 2. The van der Waals surface area contributed by atoms with Gasteiger partial charge >= 0.3 is 6.03 Å². The number of hydrogen-bond acceptors (Lipinski definition) is 5. The summed E-state index contributed by atoms with van der Waals surface area (Å²) in [7, 11) is 0. The Kier molecular flexibility index (Phi) is 14.2. The Balaban J connectivity index is 1.32. The van der Waals surface area contributed by atoms with Gasteiger partial charge in [-0.15, -0.1) is 0 Å². The molecule has 0 heterocycles. The van der Waals surface area contributed by atoms with E-state index in [1.807, 2.05) is 0 Å². The number of carbonyl (C=O) groups is 3. The van der Waals surface area contributed by atoms with Gasteiger partial charge < -0.3 is 19.9 Å². The minimum Gasteiger partial charge on any atom is -0.375 e. The van der Waals surface area contributed by atoms with Crippen LogP contribution in [0.5, 0.6) is 0 Å². The number of ether oxygens (including phenoxy) is 1. The monoisotopic (exact) mass is 590 g/mol. The highest BCUT2D eigenvalue weighted by atomic mass is 16.5. The van der Waals surface area contributed by atoms with E-state index in [0.717, 1.165) is 70.1 Å². The summed E-state index contributed by atoms with van der Waals surface area (Å²) in [6.45, 7) is 0.808. The second kappa shape index (κ2) is 18.1. The van der Waals surface area contributed by atoms with Crippen LogP contribution in [0.1, 0.15) is 135 Å². The summed E-state index contributed by atoms with van der Waals surface area (Å²) in [5, 5.41) is 12.4. The summed E-state index contributed by atoms with van der Waals surface area (Å²) in [6, 6.07) is -0.0777. The van der Waals surface area contributed by atoms with Crippen molar-refractivity contribution in [2.75, 3.05) is 26.2 Å². The molecule has 240 valence electrons. The second-order valence-electron chi connectivity index (χ2n) is 13.7. The highest BCUT2D eigenvalue weighted by Crippen LogP contribution is 2.29. The van der Waals surface area contributed by atoms with Gasteiger partial charge in [-0.2, -0.15) is 0 Å². The van der Waals surface area contributed by atoms with Crippen LogP contribution in [0.15, 0.2) is 0 Å². The fraction of sp³-hybridized carbons (Fsp3) is 0.909. The van der Waals surface area contributed by atoms with Crippen molar-refractivity contribution in [2.45, 2.75) is 153 Å². The molecule has 0 spiro atoms. The van der Waals surface area contributed by atoms with Crippen LogP contribution < -0.4 is 10.8 Å². The van der Waals surface area contributed by atoms with Gasteiger partial charge in [0.2, 0.25) is 5.91 Å². The van der Waals surface area contributed by atoms with E-state index in [9.17, 15) is 14.4 Å². The molecule has 4 saturated carbocycles. The summed E-state index contributed by atoms with van der Waals surface area (Å²) in [5.41, 5.74) is 1.68. The molecule has 0 atom stereocenters. The number of nitrogens with one attached hydrogen (secondary N) is 2. The number of urea groups is 1. The van der Waals surface area contributed by atoms with Crippen molar-refractivity contribution in [3.8, 4) is 0 Å². The van der Waals surface area contributed by atoms with Crippen LogP contribution in [0.2, 0.25) is 0 Å². The van der Waals surface area contributed by atoms with E-state index in [4.69, 9.17) is 9.94 Å². The first-order valence-electron chi connectivity index (χ1n) is 17.4. The summed E-state index contributed by atoms with van der Waals surface area (Å²) in [5.74, 6) is 0.255. The van der Waals surface area contributed by atoms with Gasteiger partial charge in [0.15, 0.2) is 0 Å². The van der Waals surface area contributed by atoms with Crippen LogP contribution in [0, 0.1) is 11.8 Å². The zero-order valence-electron chi connectivity index (χ0n) is 26.0. The Morgan fingerprint density at radius 2 is 1.24 bits per heavy atom. The Hall–Kier alpha value is -1.87. The van der Waals surface area contributed by atoms with Gasteiger partial charge in [0.25, 0.3) is 5.91 Å². The predicted octanol–water partition coefficient (Wildman–Crippen LogP) is 5.93. The third-order valence-corrected chi connectivity index (χ3v) is 10.3. The largest absolute Gasteiger partial charge is 0.375 e. The van der Waals surface area contributed by atoms with Crippen LogP contribution in [-0.4, -0.2) is 77.3 Å². The first kappa shape index (κ1) is 33.0. The van der Waals surface area contributed by atoms with E-state index in [1.54, 1.807) is 15.3 Å². The van der Waals surface area contributed by atoms with E-state index in [-0.39, 0.29) is 31.1 Å². The van der Waals surface area contributed by atoms with E-state index >= 15 is 0 Å². The number of hydrogen-bond donors (Lipinski definition) is 3. The van der Waals surface area contributed by atoms with Gasteiger partial charge in [-0.1, -0.05) is 70.6 Å². The molecule has 9 nitrogen and oxygen atoms in total. The zero-order valence-corrected chi connectivity index (χ0v) is 26.0. The molecule has 0 aromatic rings. The van der Waals surface area contributed by atoms with Crippen LogP contribution in [0.3, 0.4) is 0 Å². The lowest BCUT2D eigenvalue weighted by atomic mass is 9.86. The molecular weight excluding hydrogens is 532 g/mol. The summed E-state index contributed by atoms with van der Waals surface area (Å²) < 4.78 is 6.40. The highest BCUT2D eigenvalue weighted by molar-refractivity contribution is 5.87. The molecule has 0 aliphatic heterocycles. The summed E-state index contributed by atoms with van der Waals surface area (Å²) >= 11 is 0. The maximum Gasteiger partial charge on any atom is 0.318 e. The minimum absolute atomic E-state index is 0.0396. The summed E-state index contributed by atoms with van der Waals surface area (Å²) in [6.07, 6.45) is 24.7. The second-order valence-corrected chi connectivity index (χ2v) is 13.7. The van der Waals surface area contributed by atoms with E-state index in [2.05, 4.69) is 5.32 Å². The average Bonchev–Trinajstić information content (AvgIpc) is 3.02. The molecule has 9 heteroatoms. The normalized spacial score (nSPS) is 24.6. The molecule has 4 amide bonds. The highest BCUT2D eigenvalue weighted by Gasteiger charge is 2.30. The lowest BCUT2D eigenvalue weighted by Gasteiger charge is -2.35. The third kappa shape index (κ3) is 11.3. The van der Waals surface area contributed by atoms with Gasteiger partial charge in [0, 0.05) is 19.1 Å². The molecule has 4 aliphatic carbocycles. The van der Waals surface area contributed by atoms with Crippen molar-refractivity contribution in [1.82, 2.24) is 20.6 Å². The smallest absolute Gasteiger partial charge is 0.318 e. The van der Waals surface area contributed by atoms with Crippen molar-refractivity contribution < 1.29 is 24.3 Å². The molecule has 0 aromatic carbocycles. The maximum absolute atomic E-state index is 13.6. The first-order chi connectivity index (χ1) is 20.5. The zero-order chi connectivity index (χ0) is 29.6. The predicted molar refractivity (Wildman–Crippen MR) is 163 cm³/mol. The quantitative estimate of drug-likeness (QED) is 0.182. The van der Waals surface area contributed by atoms with Crippen LogP contribution in [0.4, 0.5) is 4.79 Å². The van der Waals surface area contributed by atoms with Gasteiger partial charge in [-0.05, 0) is 76.0 Å². The average molecular weight is 591 g/mol. The van der Waals surface area contributed by atoms with Crippen molar-refractivity contribution in [2.24, 2.45) is 11.8 Å². The Labute approximate surface area is 253 Å². The number of hydroxylamine groups is 1. The Morgan fingerprint density at radius 1 is 0.667 bits per heavy atom. The molecular formula is C33H58N4O5. The molecule has 0 saturated heterocycles. The van der Waals surface area contributed by atoms with Gasteiger partial charge in [-0.25, -0.2) is 10.3 Å². The van der Waals surface area contributed by atoms with E-state index in [1.165, 1.54) is 70.6 Å². The van der Waals surface area contributed by atoms with Crippen molar-refractivity contribution in [1.29, 1.82) is 0 Å². The molecule has 0 unspecified atom stereocenters. The molecule has 4 fully saturated rings. The van der Waals surface area contributed by atoms with E-state index in [0.29, 0.717) is 31.2 Å². The van der Waals surface area contributed by atoms with Gasteiger partial charge in [-0.3, -0.25) is 14.8 Å². The summed E-state index contributed by atoms with van der Waals surface area (Å²) in [4.78, 5) is 42.5. The lowest BCUT2D eigenvalue weighted by molar-refractivity contribution is -0.140. The molecule has 0 aromatic heterocycles. The fourth-order valence-corrected chi connectivity index (χ4v) is 7.79.